The number of carbonyl (C=O) groups excluding carboxylic acids is 2. The highest BCUT2D eigenvalue weighted by Gasteiger charge is 2.42. The molecule has 0 radical (unpaired) electrons. The van der Waals surface area contributed by atoms with E-state index in [0.717, 1.165) is 11.1 Å². The van der Waals surface area contributed by atoms with Crippen molar-refractivity contribution in [1.82, 2.24) is 4.90 Å². The van der Waals surface area contributed by atoms with Crippen molar-refractivity contribution in [2.45, 2.75) is 38.0 Å². The van der Waals surface area contributed by atoms with Crippen LogP contribution in [-0.2, 0) is 20.9 Å². The zero-order chi connectivity index (χ0) is 21.5. The lowest BCUT2D eigenvalue weighted by atomic mass is 9.83. The zero-order valence-corrected chi connectivity index (χ0v) is 17.2. The number of piperidine rings is 1. The highest BCUT2D eigenvalue weighted by Crippen LogP contribution is 2.34. The lowest BCUT2D eigenvalue weighted by Gasteiger charge is -2.40. The Labute approximate surface area is 176 Å². The normalized spacial score (nSPS) is 21.0. The second kappa shape index (κ2) is 10.1. The Morgan fingerprint density at radius 2 is 1.77 bits per heavy atom. The van der Waals surface area contributed by atoms with Gasteiger partial charge in [0, 0.05) is 5.92 Å². The van der Waals surface area contributed by atoms with E-state index >= 15 is 0 Å². The molecule has 1 N–H and O–H groups in total. The molecule has 1 aliphatic rings. The van der Waals surface area contributed by atoms with Crippen molar-refractivity contribution < 1.29 is 28.9 Å². The minimum absolute atomic E-state index is 0.0200. The number of benzene rings is 2. The molecule has 0 unspecified atom stereocenters. The topological polar surface area (TPSA) is 85.3 Å². The zero-order valence-electron chi connectivity index (χ0n) is 17.2. The molecule has 1 heterocycles. The maximum Gasteiger partial charge on any atom is 0.410 e. The summed E-state index contributed by atoms with van der Waals surface area (Å²) < 4.78 is 15.8. The first-order valence-corrected chi connectivity index (χ1v) is 9.99. The van der Waals surface area contributed by atoms with E-state index in [1.165, 1.54) is 4.90 Å². The summed E-state index contributed by atoms with van der Waals surface area (Å²) in [5.74, 6) is -0.111. The van der Waals surface area contributed by atoms with E-state index in [0.29, 0.717) is 5.75 Å². The summed E-state index contributed by atoms with van der Waals surface area (Å²) in [6, 6.07) is 15.8. The molecule has 30 heavy (non-hydrogen) atoms. The SMILES string of the molecule is CCOC(=O)[C@@H]1C[C@H](c2ccc(OC)cc2)[C@@H](O)CN1C(=O)OCc1ccccc1. The second-order valence-electron chi connectivity index (χ2n) is 7.14. The molecule has 2 aromatic rings. The summed E-state index contributed by atoms with van der Waals surface area (Å²) in [4.78, 5) is 26.6. The average molecular weight is 413 g/mol. The van der Waals surface area contributed by atoms with Crippen LogP contribution in [0.15, 0.2) is 54.6 Å². The smallest absolute Gasteiger partial charge is 0.410 e. The van der Waals surface area contributed by atoms with Gasteiger partial charge >= 0.3 is 12.1 Å². The summed E-state index contributed by atoms with van der Waals surface area (Å²) >= 11 is 0. The van der Waals surface area contributed by atoms with Crippen LogP contribution in [0.4, 0.5) is 4.79 Å². The Morgan fingerprint density at radius 3 is 2.40 bits per heavy atom. The molecule has 160 valence electrons. The molecule has 0 aromatic heterocycles. The van der Waals surface area contributed by atoms with Gasteiger partial charge in [-0.05, 0) is 36.6 Å². The number of amides is 1. The number of likely N-dealkylation sites (tertiary alicyclic amines) is 1. The van der Waals surface area contributed by atoms with Gasteiger partial charge in [0.15, 0.2) is 0 Å². The molecule has 1 amide bonds. The van der Waals surface area contributed by atoms with Gasteiger partial charge in [-0.15, -0.1) is 0 Å². The maximum atomic E-state index is 12.7. The van der Waals surface area contributed by atoms with Gasteiger partial charge < -0.3 is 19.3 Å². The molecule has 0 aliphatic carbocycles. The standard InChI is InChI=1S/C23H27NO6/c1-3-29-22(26)20-13-19(17-9-11-18(28-2)12-10-17)21(25)14-24(20)23(27)30-15-16-7-5-4-6-8-16/h4-12,19-21,25H,3,13-15H2,1-2H3/t19-,20+,21+/m1/s1. The monoisotopic (exact) mass is 413 g/mol. The van der Waals surface area contributed by atoms with E-state index in [9.17, 15) is 14.7 Å². The quantitative estimate of drug-likeness (QED) is 0.733. The number of hydrogen-bond acceptors (Lipinski definition) is 6. The van der Waals surface area contributed by atoms with Crippen LogP contribution in [-0.4, -0.2) is 54.5 Å². The highest BCUT2D eigenvalue weighted by atomic mass is 16.6. The predicted molar refractivity (Wildman–Crippen MR) is 110 cm³/mol. The summed E-state index contributed by atoms with van der Waals surface area (Å²) in [5.41, 5.74) is 1.71. The number of aliphatic hydroxyl groups is 1. The maximum absolute atomic E-state index is 12.7. The van der Waals surface area contributed by atoms with Gasteiger partial charge in [-0.3, -0.25) is 4.90 Å². The van der Waals surface area contributed by atoms with Crippen molar-refractivity contribution in [3.63, 3.8) is 0 Å². The van der Waals surface area contributed by atoms with E-state index in [4.69, 9.17) is 14.2 Å². The van der Waals surface area contributed by atoms with Gasteiger partial charge in [-0.25, -0.2) is 9.59 Å². The van der Waals surface area contributed by atoms with Crippen LogP contribution in [0.2, 0.25) is 0 Å². The molecule has 0 saturated carbocycles. The third-order valence-electron chi connectivity index (χ3n) is 5.24. The third-order valence-corrected chi connectivity index (χ3v) is 5.24. The minimum Gasteiger partial charge on any atom is -0.497 e. The van der Waals surface area contributed by atoms with Crippen molar-refractivity contribution in [2.24, 2.45) is 0 Å². The lowest BCUT2D eigenvalue weighted by molar-refractivity contribution is -0.152. The van der Waals surface area contributed by atoms with E-state index in [-0.39, 0.29) is 32.1 Å². The lowest BCUT2D eigenvalue weighted by Crippen LogP contribution is -2.55. The number of nitrogens with zero attached hydrogens (tertiary/aromatic N) is 1. The third kappa shape index (κ3) is 5.10. The summed E-state index contributed by atoms with van der Waals surface area (Å²) in [5, 5.41) is 10.8. The number of ether oxygens (including phenoxy) is 3. The van der Waals surface area contributed by atoms with Crippen LogP contribution in [0.25, 0.3) is 0 Å². The van der Waals surface area contributed by atoms with Gasteiger partial charge in [-0.2, -0.15) is 0 Å². The van der Waals surface area contributed by atoms with Crippen molar-refractivity contribution in [1.29, 1.82) is 0 Å². The second-order valence-corrected chi connectivity index (χ2v) is 7.14. The Hall–Kier alpha value is -3.06. The number of rotatable bonds is 6. The van der Waals surface area contributed by atoms with Gasteiger partial charge in [0.2, 0.25) is 0 Å². The molecule has 2 aromatic carbocycles. The number of esters is 1. The first-order valence-electron chi connectivity index (χ1n) is 9.99. The molecule has 7 heteroatoms. The van der Waals surface area contributed by atoms with Gasteiger partial charge in [-0.1, -0.05) is 42.5 Å². The number of aliphatic hydroxyl groups excluding tert-OH is 1. The van der Waals surface area contributed by atoms with Crippen LogP contribution in [0, 0.1) is 0 Å². The summed E-state index contributed by atoms with van der Waals surface area (Å²) in [6.45, 7) is 1.99. The molecule has 3 atom stereocenters. The first kappa shape index (κ1) is 21.6. The fraction of sp³-hybridized carbons (Fsp3) is 0.391. The fourth-order valence-electron chi connectivity index (χ4n) is 3.66. The van der Waals surface area contributed by atoms with Crippen molar-refractivity contribution >= 4 is 12.1 Å². The first-order chi connectivity index (χ1) is 14.5. The van der Waals surface area contributed by atoms with E-state index in [1.807, 2.05) is 54.6 Å². The van der Waals surface area contributed by atoms with Gasteiger partial charge in [0.05, 0.1) is 26.4 Å². The number of methoxy groups -OCH3 is 1. The molecule has 3 rings (SSSR count). The minimum atomic E-state index is -0.839. The van der Waals surface area contributed by atoms with Crippen molar-refractivity contribution in [2.75, 3.05) is 20.3 Å². The molecule has 0 bridgehead atoms. The Morgan fingerprint density at radius 1 is 1.07 bits per heavy atom. The molecular weight excluding hydrogens is 386 g/mol. The molecule has 1 fully saturated rings. The number of hydrogen-bond donors (Lipinski definition) is 1. The van der Waals surface area contributed by atoms with Crippen LogP contribution < -0.4 is 4.74 Å². The van der Waals surface area contributed by atoms with Crippen molar-refractivity contribution in [3.05, 3.63) is 65.7 Å². The predicted octanol–water partition coefficient (Wildman–Crippen LogP) is 3.11. The van der Waals surface area contributed by atoms with Crippen LogP contribution >= 0.6 is 0 Å². The number of β-amino-alcohol motifs (C(OH)–C–C–N with tert-alkyl or cyclic N) is 1. The summed E-state index contributed by atoms with van der Waals surface area (Å²) in [6.07, 6.45) is -1.25. The Bertz CT molecular complexity index is 839. The van der Waals surface area contributed by atoms with Gasteiger partial charge in [0.1, 0.15) is 18.4 Å². The molecule has 7 nitrogen and oxygen atoms in total. The molecule has 0 spiro atoms. The summed E-state index contributed by atoms with van der Waals surface area (Å²) in [7, 11) is 1.58. The van der Waals surface area contributed by atoms with E-state index < -0.39 is 24.2 Å². The highest BCUT2D eigenvalue weighted by molar-refractivity contribution is 5.82. The largest absolute Gasteiger partial charge is 0.497 e. The Kier molecular flexibility index (Phi) is 7.30. The average Bonchev–Trinajstić information content (AvgIpc) is 2.78. The molecular formula is C23H27NO6. The fourth-order valence-corrected chi connectivity index (χ4v) is 3.66. The Balaban J connectivity index is 1.75. The van der Waals surface area contributed by atoms with Crippen LogP contribution in [0.1, 0.15) is 30.4 Å². The molecule has 1 aliphatic heterocycles. The van der Waals surface area contributed by atoms with E-state index in [1.54, 1.807) is 14.0 Å². The number of carbonyl (C=O) groups is 2. The molecule has 1 saturated heterocycles. The van der Waals surface area contributed by atoms with Crippen LogP contribution in [0.3, 0.4) is 0 Å². The van der Waals surface area contributed by atoms with Crippen molar-refractivity contribution in [3.8, 4) is 5.75 Å². The van der Waals surface area contributed by atoms with Crippen LogP contribution in [0.5, 0.6) is 5.75 Å². The van der Waals surface area contributed by atoms with Gasteiger partial charge in [0.25, 0.3) is 0 Å². The van der Waals surface area contributed by atoms with E-state index in [2.05, 4.69) is 0 Å².